The standard InChI is InChI=1S/C14H18N2O2/c1-15(2)10-9-13(17)11-5-7-12(8-6-11)14(18)16(3)4/h5-10H,1-4H3. The van der Waals surface area contributed by atoms with E-state index in [1.54, 1.807) is 49.5 Å². The number of ketones is 1. The summed E-state index contributed by atoms with van der Waals surface area (Å²) >= 11 is 0. The van der Waals surface area contributed by atoms with Crippen molar-refractivity contribution in [2.75, 3.05) is 28.2 Å². The van der Waals surface area contributed by atoms with Crippen molar-refractivity contribution in [2.24, 2.45) is 0 Å². The minimum absolute atomic E-state index is 0.0715. The Morgan fingerprint density at radius 2 is 1.44 bits per heavy atom. The lowest BCUT2D eigenvalue weighted by atomic mass is 10.1. The van der Waals surface area contributed by atoms with Gasteiger partial charge in [-0.1, -0.05) is 12.1 Å². The zero-order chi connectivity index (χ0) is 13.7. The van der Waals surface area contributed by atoms with Gasteiger partial charge in [0, 0.05) is 51.6 Å². The molecule has 0 saturated carbocycles. The summed E-state index contributed by atoms with van der Waals surface area (Å²) in [5.74, 6) is -0.148. The Bertz CT molecular complexity index is 459. The van der Waals surface area contributed by atoms with Gasteiger partial charge in [-0.25, -0.2) is 0 Å². The molecule has 0 fully saturated rings. The summed E-state index contributed by atoms with van der Waals surface area (Å²) in [5, 5.41) is 0. The molecule has 0 N–H and O–H groups in total. The Morgan fingerprint density at radius 3 is 1.89 bits per heavy atom. The summed E-state index contributed by atoms with van der Waals surface area (Å²) in [5.41, 5.74) is 1.15. The van der Waals surface area contributed by atoms with Crippen molar-refractivity contribution in [1.82, 2.24) is 9.80 Å². The molecule has 1 amide bonds. The van der Waals surface area contributed by atoms with E-state index in [9.17, 15) is 9.59 Å². The van der Waals surface area contributed by atoms with Crippen LogP contribution in [0.3, 0.4) is 0 Å². The highest BCUT2D eigenvalue weighted by molar-refractivity contribution is 6.05. The van der Waals surface area contributed by atoms with Crippen molar-refractivity contribution in [3.05, 3.63) is 47.7 Å². The summed E-state index contributed by atoms with van der Waals surface area (Å²) in [6.45, 7) is 0. The largest absolute Gasteiger partial charge is 0.383 e. The van der Waals surface area contributed by atoms with E-state index in [4.69, 9.17) is 0 Å². The van der Waals surface area contributed by atoms with Crippen molar-refractivity contribution in [2.45, 2.75) is 0 Å². The highest BCUT2D eigenvalue weighted by Gasteiger charge is 2.08. The Kier molecular flexibility index (Phi) is 4.66. The first kappa shape index (κ1) is 14.0. The van der Waals surface area contributed by atoms with E-state index in [-0.39, 0.29) is 11.7 Å². The number of carbonyl (C=O) groups excluding carboxylic acids is 2. The second-order valence-corrected chi connectivity index (χ2v) is 4.42. The van der Waals surface area contributed by atoms with Gasteiger partial charge in [0.15, 0.2) is 5.78 Å². The Morgan fingerprint density at radius 1 is 0.944 bits per heavy atom. The maximum atomic E-state index is 11.8. The number of rotatable bonds is 4. The minimum Gasteiger partial charge on any atom is -0.383 e. The molecule has 0 aliphatic carbocycles. The third-order valence-corrected chi connectivity index (χ3v) is 2.35. The predicted molar refractivity (Wildman–Crippen MR) is 71.6 cm³/mol. The number of nitrogens with zero attached hydrogens (tertiary/aromatic N) is 2. The molecule has 0 aliphatic heterocycles. The molecule has 0 heterocycles. The summed E-state index contributed by atoms with van der Waals surface area (Å²) in [4.78, 5) is 26.7. The number of amides is 1. The van der Waals surface area contributed by atoms with E-state index in [0.717, 1.165) is 0 Å². The summed E-state index contributed by atoms with van der Waals surface area (Å²) in [6.07, 6.45) is 3.20. The highest BCUT2D eigenvalue weighted by atomic mass is 16.2. The molecule has 0 unspecified atom stereocenters. The van der Waals surface area contributed by atoms with Gasteiger partial charge in [0.25, 0.3) is 5.91 Å². The van der Waals surface area contributed by atoms with Crippen LogP contribution in [0.25, 0.3) is 0 Å². The Hall–Kier alpha value is -2.10. The fraction of sp³-hybridized carbons (Fsp3) is 0.286. The fourth-order valence-corrected chi connectivity index (χ4v) is 1.35. The molecule has 4 heteroatoms. The van der Waals surface area contributed by atoms with Gasteiger partial charge >= 0.3 is 0 Å². The second-order valence-electron chi connectivity index (χ2n) is 4.42. The Balaban J connectivity index is 2.83. The molecule has 4 nitrogen and oxygen atoms in total. The molecule has 96 valence electrons. The molecule has 0 aromatic heterocycles. The molecule has 0 radical (unpaired) electrons. The average molecular weight is 246 g/mol. The molecule has 0 aliphatic rings. The number of hydrogen-bond donors (Lipinski definition) is 0. The average Bonchev–Trinajstić information content (AvgIpc) is 2.35. The molecule has 1 rings (SSSR count). The lowest BCUT2D eigenvalue weighted by Crippen LogP contribution is -2.21. The van der Waals surface area contributed by atoms with Crippen LogP contribution in [-0.4, -0.2) is 49.7 Å². The van der Waals surface area contributed by atoms with E-state index >= 15 is 0 Å². The van der Waals surface area contributed by atoms with E-state index in [1.165, 1.54) is 11.0 Å². The lowest BCUT2D eigenvalue weighted by molar-refractivity contribution is 0.0827. The van der Waals surface area contributed by atoms with Crippen LogP contribution in [0.1, 0.15) is 20.7 Å². The third kappa shape index (κ3) is 3.73. The molecule has 0 atom stereocenters. The van der Waals surface area contributed by atoms with Gasteiger partial charge in [0.2, 0.25) is 0 Å². The lowest BCUT2D eigenvalue weighted by Gasteiger charge is -2.10. The topological polar surface area (TPSA) is 40.6 Å². The van der Waals surface area contributed by atoms with Gasteiger partial charge < -0.3 is 9.80 Å². The monoisotopic (exact) mass is 246 g/mol. The third-order valence-electron chi connectivity index (χ3n) is 2.35. The van der Waals surface area contributed by atoms with Crippen LogP contribution in [0.15, 0.2) is 36.5 Å². The summed E-state index contributed by atoms with van der Waals surface area (Å²) in [7, 11) is 7.09. The number of allylic oxidation sites excluding steroid dienone is 1. The molecule has 1 aromatic rings. The first-order valence-electron chi connectivity index (χ1n) is 5.62. The molecular weight excluding hydrogens is 228 g/mol. The van der Waals surface area contributed by atoms with Crippen molar-refractivity contribution >= 4 is 11.7 Å². The zero-order valence-corrected chi connectivity index (χ0v) is 11.2. The maximum absolute atomic E-state index is 11.8. The fourth-order valence-electron chi connectivity index (χ4n) is 1.35. The molecule has 1 aromatic carbocycles. The van der Waals surface area contributed by atoms with Gasteiger partial charge in [-0.2, -0.15) is 0 Å². The summed E-state index contributed by atoms with van der Waals surface area (Å²) in [6, 6.07) is 6.66. The SMILES string of the molecule is CN(C)C=CC(=O)c1ccc(C(=O)N(C)C)cc1. The molecular formula is C14H18N2O2. The van der Waals surface area contributed by atoms with Crippen LogP contribution in [0, 0.1) is 0 Å². The normalized spacial score (nSPS) is 10.4. The van der Waals surface area contributed by atoms with Gasteiger partial charge in [-0.15, -0.1) is 0 Å². The van der Waals surface area contributed by atoms with Crippen molar-refractivity contribution in [1.29, 1.82) is 0 Å². The van der Waals surface area contributed by atoms with Crippen LogP contribution >= 0.6 is 0 Å². The number of carbonyl (C=O) groups is 2. The van der Waals surface area contributed by atoms with E-state index in [1.807, 2.05) is 14.1 Å². The minimum atomic E-state index is -0.0763. The first-order valence-corrected chi connectivity index (χ1v) is 5.62. The van der Waals surface area contributed by atoms with Crippen LogP contribution in [0.5, 0.6) is 0 Å². The smallest absolute Gasteiger partial charge is 0.253 e. The molecule has 0 saturated heterocycles. The summed E-state index contributed by atoms with van der Waals surface area (Å²) < 4.78 is 0. The predicted octanol–water partition coefficient (Wildman–Crippen LogP) is 1.65. The van der Waals surface area contributed by atoms with Crippen LogP contribution < -0.4 is 0 Å². The van der Waals surface area contributed by atoms with E-state index in [0.29, 0.717) is 11.1 Å². The van der Waals surface area contributed by atoms with E-state index in [2.05, 4.69) is 0 Å². The quantitative estimate of drug-likeness (QED) is 0.599. The van der Waals surface area contributed by atoms with Crippen molar-refractivity contribution < 1.29 is 9.59 Å². The molecule has 0 bridgehead atoms. The molecule has 18 heavy (non-hydrogen) atoms. The number of hydrogen-bond acceptors (Lipinski definition) is 3. The van der Waals surface area contributed by atoms with Crippen LogP contribution in [0.4, 0.5) is 0 Å². The van der Waals surface area contributed by atoms with Crippen molar-refractivity contribution in [3.8, 4) is 0 Å². The number of benzene rings is 1. The molecule has 0 spiro atoms. The maximum Gasteiger partial charge on any atom is 0.253 e. The van der Waals surface area contributed by atoms with E-state index < -0.39 is 0 Å². The van der Waals surface area contributed by atoms with Crippen LogP contribution in [-0.2, 0) is 0 Å². The second kappa shape index (κ2) is 6.00. The highest BCUT2D eigenvalue weighted by Crippen LogP contribution is 2.07. The van der Waals surface area contributed by atoms with Crippen LogP contribution in [0.2, 0.25) is 0 Å². The first-order chi connectivity index (χ1) is 8.41. The van der Waals surface area contributed by atoms with Gasteiger partial charge in [-0.3, -0.25) is 9.59 Å². The van der Waals surface area contributed by atoms with Gasteiger partial charge in [0.1, 0.15) is 0 Å². The van der Waals surface area contributed by atoms with Gasteiger partial charge in [0.05, 0.1) is 0 Å². The Labute approximate surface area is 108 Å². The van der Waals surface area contributed by atoms with Gasteiger partial charge in [-0.05, 0) is 12.1 Å². The zero-order valence-electron chi connectivity index (χ0n) is 11.2. The van der Waals surface area contributed by atoms with Crippen molar-refractivity contribution in [3.63, 3.8) is 0 Å².